The molecule has 2 rings (SSSR count). The fraction of sp³-hybridized carbons (Fsp3) is 0.333. The van der Waals surface area contributed by atoms with Crippen molar-refractivity contribution in [2.75, 3.05) is 0 Å². The van der Waals surface area contributed by atoms with Crippen LogP contribution in [0.15, 0.2) is 35.1 Å². The number of halogens is 1. The Labute approximate surface area is 103 Å². The minimum absolute atomic E-state index is 0.0246. The average Bonchev–Trinajstić information content (AvgIpc) is 2.30. The van der Waals surface area contributed by atoms with Crippen LogP contribution in [0, 0.1) is 0 Å². The smallest absolute Gasteiger partial charge is 0.251 e. The van der Waals surface area contributed by atoms with Crippen LogP contribution in [0.3, 0.4) is 0 Å². The van der Waals surface area contributed by atoms with E-state index < -0.39 is 0 Å². The van der Waals surface area contributed by atoms with Gasteiger partial charge in [-0.05, 0) is 47.3 Å². The summed E-state index contributed by atoms with van der Waals surface area (Å²) in [6.45, 7) is 0. The van der Waals surface area contributed by atoms with Crippen LogP contribution in [0.4, 0.5) is 0 Å². The second-order valence-electron chi connectivity index (χ2n) is 3.82. The number of rotatable bonds is 2. The normalized spacial score (nSPS) is 19.4. The molecular weight excluding hydrogens is 268 g/mol. The van der Waals surface area contributed by atoms with Gasteiger partial charge in [0.2, 0.25) is 0 Å². The van der Waals surface area contributed by atoms with E-state index in [0.717, 1.165) is 19.3 Å². The summed E-state index contributed by atoms with van der Waals surface area (Å²) in [4.78, 5) is 15.9. The van der Waals surface area contributed by atoms with E-state index in [-0.39, 0.29) is 11.9 Å². The summed E-state index contributed by atoms with van der Waals surface area (Å²) in [5, 5.41) is 3.02. The molecule has 1 aromatic heterocycles. The largest absolute Gasteiger partial charge is 0.349 e. The number of amides is 1. The molecule has 4 heteroatoms. The first-order chi connectivity index (χ1) is 7.75. The van der Waals surface area contributed by atoms with Crippen molar-refractivity contribution in [3.63, 3.8) is 0 Å². The highest BCUT2D eigenvalue weighted by Crippen LogP contribution is 2.12. The van der Waals surface area contributed by atoms with Crippen molar-refractivity contribution in [1.82, 2.24) is 10.3 Å². The van der Waals surface area contributed by atoms with Gasteiger partial charge in [0, 0.05) is 17.8 Å². The number of allylic oxidation sites excluding steroid dienone is 1. The first kappa shape index (κ1) is 11.3. The molecule has 0 bridgehead atoms. The van der Waals surface area contributed by atoms with Crippen LogP contribution in [-0.4, -0.2) is 16.9 Å². The molecule has 3 nitrogen and oxygen atoms in total. The molecule has 0 aromatic carbocycles. The minimum Gasteiger partial charge on any atom is -0.349 e. The Morgan fingerprint density at radius 1 is 1.50 bits per heavy atom. The van der Waals surface area contributed by atoms with E-state index >= 15 is 0 Å². The van der Waals surface area contributed by atoms with E-state index in [4.69, 9.17) is 0 Å². The SMILES string of the molecule is O=C(NC1CC=CCC1)c1ccnc(Br)c1. The molecule has 1 atom stereocenters. The zero-order valence-corrected chi connectivity index (χ0v) is 10.4. The fourth-order valence-electron chi connectivity index (χ4n) is 1.74. The summed E-state index contributed by atoms with van der Waals surface area (Å²) in [5.41, 5.74) is 0.649. The summed E-state index contributed by atoms with van der Waals surface area (Å²) in [5.74, 6) is -0.0246. The van der Waals surface area contributed by atoms with Gasteiger partial charge in [-0.15, -0.1) is 0 Å². The topological polar surface area (TPSA) is 42.0 Å². The first-order valence-corrected chi connectivity index (χ1v) is 6.12. The Bertz CT molecular complexity index is 417. The third kappa shape index (κ3) is 2.92. The molecule has 0 saturated carbocycles. The third-order valence-corrected chi connectivity index (χ3v) is 3.03. The molecule has 1 aliphatic rings. The third-order valence-electron chi connectivity index (χ3n) is 2.59. The lowest BCUT2D eigenvalue weighted by Gasteiger charge is -2.19. The van der Waals surface area contributed by atoms with Crippen molar-refractivity contribution in [3.8, 4) is 0 Å². The highest BCUT2D eigenvalue weighted by molar-refractivity contribution is 9.10. The van der Waals surface area contributed by atoms with E-state index in [9.17, 15) is 4.79 Å². The van der Waals surface area contributed by atoms with Crippen LogP contribution < -0.4 is 5.32 Å². The number of nitrogens with zero attached hydrogens (tertiary/aromatic N) is 1. The van der Waals surface area contributed by atoms with Crippen molar-refractivity contribution in [2.45, 2.75) is 25.3 Å². The number of aromatic nitrogens is 1. The predicted molar refractivity (Wildman–Crippen MR) is 66.2 cm³/mol. The lowest BCUT2D eigenvalue weighted by Crippen LogP contribution is -2.35. The molecule has 84 valence electrons. The van der Waals surface area contributed by atoms with Gasteiger partial charge in [-0.25, -0.2) is 4.98 Å². The van der Waals surface area contributed by atoms with Crippen molar-refractivity contribution in [3.05, 3.63) is 40.6 Å². The number of hydrogen-bond donors (Lipinski definition) is 1. The van der Waals surface area contributed by atoms with Gasteiger partial charge in [-0.1, -0.05) is 12.2 Å². The van der Waals surface area contributed by atoms with E-state index in [1.807, 2.05) is 0 Å². The summed E-state index contributed by atoms with van der Waals surface area (Å²) in [6.07, 6.45) is 8.90. The van der Waals surface area contributed by atoms with Gasteiger partial charge >= 0.3 is 0 Å². The number of carbonyl (C=O) groups excluding carboxylic acids is 1. The van der Waals surface area contributed by atoms with Crippen LogP contribution in [0.1, 0.15) is 29.6 Å². The van der Waals surface area contributed by atoms with Gasteiger partial charge < -0.3 is 5.32 Å². The highest BCUT2D eigenvalue weighted by Gasteiger charge is 2.14. The Kier molecular flexibility index (Phi) is 3.72. The minimum atomic E-state index is -0.0246. The molecule has 0 aliphatic heterocycles. The van der Waals surface area contributed by atoms with E-state index in [1.54, 1.807) is 18.3 Å². The van der Waals surface area contributed by atoms with Crippen LogP contribution in [0.2, 0.25) is 0 Å². The van der Waals surface area contributed by atoms with Crippen LogP contribution in [-0.2, 0) is 0 Å². The lowest BCUT2D eigenvalue weighted by atomic mass is 10.0. The molecule has 1 amide bonds. The van der Waals surface area contributed by atoms with Gasteiger partial charge in [0.05, 0.1) is 0 Å². The lowest BCUT2D eigenvalue weighted by molar-refractivity contribution is 0.0934. The molecule has 16 heavy (non-hydrogen) atoms. The molecule has 1 aromatic rings. The molecule has 0 spiro atoms. The number of hydrogen-bond acceptors (Lipinski definition) is 2. The van der Waals surface area contributed by atoms with Crippen LogP contribution in [0.25, 0.3) is 0 Å². The summed E-state index contributed by atoms with van der Waals surface area (Å²) < 4.78 is 0.684. The highest BCUT2D eigenvalue weighted by atomic mass is 79.9. The second kappa shape index (κ2) is 5.25. The standard InChI is InChI=1S/C12H13BrN2O/c13-11-8-9(6-7-14-11)12(16)15-10-4-2-1-3-5-10/h1-2,6-8,10H,3-5H2,(H,15,16). The maximum atomic E-state index is 11.9. The summed E-state index contributed by atoms with van der Waals surface area (Å²) in [6, 6.07) is 3.72. The van der Waals surface area contributed by atoms with Gasteiger partial charge in [0.15, 0.2) is 0 Å². The molecule has 1 heterocycles. The Hall–Kier alpha value is -1.16. The van der Waals surface area contributed by atoms with Crippen molar-refractivity contribution in [2.24, 2.45) is 0 Å². The maximum Gasteiger partial charge on any atom is 0.251 e. The van der Waals surface area contributed by atoms with E-state index in [0.29, 0.717) is 10.2 Å². The van der Waals surface area contributed by atoms with E-state index in [1.165, 1.54) is 0 Å². The number of pyridine rings is 1. The maximum absolute atomic E-state index is 11.9. The van der Waals surface area contributed by atoms with E-state index in [2.05, 4.69) is 38.4 Å². The van der Waals surface area contributed by atoms with Crippen molar-refractivity contribution in [1.29, 1.82) is 0 Å². The van der Waals surface area contributed by atoms with Crippen molar-refractivity contribution >= 4 is 21.8 Å². The summed E-state index contributed by atoms with van der Waals surface area (Å²) in [7, 11) is 0. The fourth-order valence-corrected chi connectivity index (χ4v) is 2.10. The van der Waals surface area contributed by atoms with Gasteiger partial charge in [-0.3, -0.25) is 4.79 Å². The zero-order chi connectivity index (χ0) is 11.4. The van der Waals surface area contributed by atoms with Crippen molar-refractivity contribution < 1.29 is 4.79 Å². The van der Waals surface area contributed by atoms with Gasteiger partial charge in [0.25, 0.3) is 5.91 Å². The Morgan fingerprint density at radius 2 is 2.38 bits per heavy atom. The van der Waals surface area contributed by atoms with Gasteiger partial charge in [0.1, 0.15) is 4.60 Å². The molecule has 1 N–H and O–H groups in total. The molecule has 0 fully saturated rings. The number of nitrogens with one attached hydrogen (secondary N) is 1. The first-order valence-electron chi connectivity index (χ1n) is 5.33. The Balaban J connectivity index is 2.00. The second-order valence-corrected chi connectivity index (χ2v) is 4.63. The monoisotopic (exact) mass is 280 g/mol. The Morgan fingerprint density at radius 3 is 3.06 bits per heavy atom. The molecule has 0 saturated heterocycles. The summed E-state index contributed by atoms with van der Waals surface area (Å²) >= 11 is 3.25. The quantitative estimate of drug-likeness (QED) is 0.669. The molecular formula is C12H13BrN2O. The average molecular weight is 281 g/mol. The van der Waals surface area contributed by atoms with Crippen LogP contribution in [0.5, 0.6) is 0 Å². The molecule has 0 radical (unpaired) electrons. The molecule has 1 aliphatic carbocycles. The van der Waals surface area contributed by atoms with Gasteiger partial charge in [-0.2, -0.15) is 0 Å². The molecule has 1 unspecified atom stereocenters. The zero-order valence-electron chi connectivity index (χ0n) is 8.82. The van der Waals surface area contributed by atoms with Crippen LogP contribution >= 0.6 is 15.9 Å². The predicted octanol–water partition coefficient (Wildman–Crippen LogP) is 2.68. The number of carbonyl (C=O) groups is 1.